The predicted molar refractivity (Wildman–Crippen MR) is 140 cm³/mol. The summed E-state index contributed by atoms with van der Waals surface area (Å²) in [7, 11) is 1.37. The van der Waals surface area contributed by atoms with Gasteiger partial charge in [0.15, 0.2) is 11.5 Å². The molecule has 3 aromatic rings. The van der Waals surface area contributed by atoms with E-state index in [1.54, 1.807) is 20.8 Å². The molecule has 0 spiro atoms. The minimum absolute atomic E-state index is 0.0434. The summed E-state index contributed by atoms with van der Waals surface area (Å²) >= 11 is 0. The molecule has 11 heteroatoms. The molecule has 2 heterocycles. The van der Waals surface area contributed by atoms with E-state index in [0.717, 1.165) is 17.2 Å². The van der Waals surface area contributed by atoms with Crippen LogP contribution in [0.25, 0.3) is 22.2 Å². The Bertz CT molecular complexity index is 1520. The van der Waals surface area contributed by atoms with Gasteiger partial charge in [0, 0.05) is 29.6 Å². The Labute approximate surface area is 216 Å². The van der Waals surface area contributed by atoms with Gasteiger partial charge in [-0.3, -0.25) is 4.79 Å². The van der Waals surface area contributed by atoms with Gasteiger partial charge in [0.1, 0.15) is 5.60 Å². The van der Waals surface area contributed by atoms with E-state index in [9.17, 15) is 18.0 Å². The van der Waals surface area contributed by atoms with Crippen LogP contribution in [0, 0.1) is 0 Å². The maximum Gasteiger partial charge on any atom is 0.419 e. The second kappa shape index (κ2) is 9.38. The van der Waals surface area contributed by atoms with Crippen molar-refractivity contribution in [2.75, 3.05) is 27.5 Å². The van der Waals surface area contributed by atoms with E-state index >= 15 is 0 Å². The topological polar surface area (TPSA) is 116 Å². The molecule has 0 fully saturated rings. The molecule has 1 aliphatic rings. The predicted octanol–water partition coefficient (Wildman–Crippen LogP) is 3.74. The molecule has 1 N–H and O–H groups in total. The first-order chi connectivity index (χ1) is 17.2. The number of nitrogens with zero attached hydrogens (tertiary/aromatic N) is 2. The van der Waals surface area contributed by atoms with Gasteiger partial charge in [-0.05, 0) is 58.6 Å². The van der Waals surface area contributed by atoms with E-state index in [0.29, 0.717) is 28.9 Å². The number of fused-ring (bicyclic) bond motifs is 2. The molecule has 1 aliphatic heterocycles. The molecular weight excluding hydrogens is 498 g/mol. The van der Waals surface area contributed by atoms with Gasteiger partial charge in [-0.1, -0.05) is 12.1 Å². The number of ether oxygens (including phenoxy) is 2. The third-order valence-electron chi connectivity index (χ3n) is 5.73. The SMILES string of the molecule is COc1cc(-c2cc3c(CN(C)C)cccc3n2C(=O)OC(C)(C)C)c2c(c1OS(C)(=O)=O)CNC2=O. The first-order valence-electron chi connectivity index (χ1n) is 11.6. The summed E-state index contributed by atoms with van der Waals surface area (Å²) in [6, 6.07) is 9.03. The Morgan fingerprint density at radius 1 is 1.19 bits per heavy atom. The maximum atomic E-state index is 13.5. The number of benzene rings is 2. The average molecular weight is 530 g/mol. The van der Waals surface area contributed by atoms with Crippen LogP contribution in [0.1, 0.15) is 42.3 Å². The smallest absolute Gasteiger partial charge is 0.419 e. The van der Waals surface area contributed by atoms with Gasteiger partial charge in [0.05, 0.1) is 30.1 Å². The van der Waals surface area contributed by atoms with Crippen LogP contribution in [0.2, 0.25) is 0 Å². The van der Waals surface area contributed by atoms with Crippen molar-refractivity contribution in [1.29, 1.82) is 0 Å². The molecule has 0 radical (unpaired) electrons. The standard InChI is InChI=1S/C26H31N3O7S/c1-26(2,3)35-25(31)29-19-10-8-9-15(14-28(4)5)16(19)11-20(29)17-12-21(34-6)23(36-37(7,32)33)18-13-27-24(30)22(17)18/h8-12H,13-14H2,1-7H3,(H,27,30). The highest BCUT2D eigenvalue weighted by Gasteiger charge is 2.34. The zero-order valence-corrected chi connectivity index (χ0v) is 22.8. The van der Waals surface area contributed by atoms with E-state index in [-0.39, 0.29) is 23.6 Å². The number of nitrogens with one attached hydrogen (secondary N) is 1. The molecule has 0 atom stereocenters. The minimum Gasteiger partial charge on any atom is -0.493 e. The lowest BCUT2D eigenvalue weighted by Gasteiger charge is -2.22. The van der Waals surface area contributed by atoms with Crippen molar-refractivity contribution in [2.45, 2.75) is 39.5 Å². The first-order valence-corrected chi connectivity index (χ1v) is 13.4. The van der Waals surface area contributed by atoms with Crippen LogP contribution in [-0.2, 0) is 27.9 Å². The van der Waals surface area contributed by atoms with Crippen LogP contribution >= 0.6 is 0 Å². The van der Waals surface area contributed by atoms with Crippen molar-refractivity contribution in [3.05, 3.63) is 47.0 Å². The molecule has 198 valence electrons. The molecule has 0 saturated heterocycles. The molecule has 0 bridgehead atoms. The summed E-state index contributed by atoms with van der Waals surface area (Å²) in [5.74, 6) is -0.360. The third kappa shape index (κ3) is 5.28. The molecular formula is C26H31N3O7S. The fourth-order valence-corrected chi connectivity index (χ4v) is 4.93. The van der Waals surface area contributed by atoms with Crippen molar-refractivity contribution < 1.29 is 31.7 Å². The maximum absolute atomic E-state index is 13.5. The normalized spacial score (nSPS) is 13.6. The molecule has 1 amide bonds. The largest absolute Gasteiger partial charge is 0.493 e. The lowest BCUT2D eigenvalue weighted by atomic mass is 9.98. The van der Waals surface area contributed by atoms with Crippen LogP contribution in [0.3, 0.4) is 0 Å². The number of hydrogen-bond acceptors (Lipinski definition) is 8. The Kier molecular flexibility index (Phi) is 6.72. The molecule has 0 saturated carbocycles. The lowest BCUT2D eigenvalue weighted by molar-refractivity contribution is 0.0547. The summed E-state index contributed by atoms with van der Waals surface area (Å²) in [5, 5.41) is 3.55. The third-order valence-corrected chi connectivity index (χ3v) is 6.20. The van der Waals surface area contributed by atoms with E-state index in [1.165, 1.54) is 17.7 Å². The van der Waals surface area contributed by atoms with Gasteiger partial charge in [0.25, 0.3) is 5.91 Å². The van der Waals surface area contributed by atoms with Crippen LogP contribution in [0.5, 0.6) is 11.5 Å². The number of carbonyl (C=O) groups excluding carboxylic acids is 2. The number of carbonyl (C=O) groups is 2. The highest BCUT2D eigenvalue weighted by atomic mass is 32.2. The molecule has 10 nitrogen and oxygen atoms in total. The highest BCUT2D eigenvalue weighted by molar-refractivity contribution is 7.86. The molecule has 2 aromatic carbocycles. The van der Waals surface area contributed by atoms with Crippen LogP contribution in [0.4, 0.5) is 4.79 Å². The van der Waals surface area contributed by atoms with Crippen molar-refractivity contribution in [3.8, 4) is 22.8 Å². The second-order valence-corrected chi connectivity index (χ2v) is 11.8. The van der Waals surface area contributed by atoms with E-state index in [2.05, 4.69) is 5.32 Å². The first kappa shape index (κ1) is 26.5. The van der Waals surface area contributed by atoms with Crippen molar-refractivity contribution in [3.63, 3.8) is 0 Å². The lowest BCUT2D eigenvalue weighted by Crippen LogP contribution is -2.27. The van der Waals surface area contributed by atoms with Gasteiger partial charge in [-0.15, -0.1) is 0 Å². The van der Waals surface area contributed by atoms with Gasteiger partial charge in [-0.2, -0.15) is 8.42 Å². The zero-order chi connectivity index (χ0) is 27.3. The summed E-state index contributed by atoms with van der Waals surface area (Å²) in [4.78, 5) is 28.6. The fraction of sp³-hybridized carbons (Fsp3) is 0.385. The van der Waals surface area contributed by atoms with Crippen LogP contribution < -0.4 is 14.2 Å². The Balaban J connectivity index is 2.07. The van der Waals surface area contributed by atoms with E-state index < -0.39 is 27.7 Å². The van der Waals surface area contributed by atoms with E-state index in [1.807, 2.05) is 43.3 Å². The van der Waals surface area contributed by atoms with Crippen LogP contribution in [0.15, 0.2) is 30.3 Å². The van der Waals surface area contributed by atoms with Crippen LogP contribution in [-0.4, -0.2) is 62.9 Å². The summed E-state index contributed by atoms with van der Waals surface area (Å²) in [5.41, 5.74) is 2.17. The monoisotopic (exact) mass is 529 g/mol. The molecule has 37 heavy (non-hydrogen) atoms. The van der Waals surface area contributed by atoms with Gasteiger partial charge >= 0.3 is 16.2 Å². The average Bonchev–Trinajstić information content (AvgIpc) is 3.33. The summed E-state index contributed by atoms with van der Waals surface area (Å²) in [6.07, 6.45) is 0.311. The second-order valence-electron chi connectivity index (χ2n) is 10.2. The van der Waals surface area contributed by atoms with Gasteiger partial charge in [-0.25, -0.2) is 9.36 Å². The number of rotatable bonds is 6. The molecule has 1 aromatic heterocycles. The number of amides is 1. The van der Waals surface area contributed by atoms with Crippen molar-refractivity contribution >= 4 is 33.0 Å². The quantitative estimate of drug-likeness (QED) is 0.480. The summed E-state index contributed by atoms with van der Waals surface area (Å²) < 4.78 is 41.8. The number of aromatic nitrogens is 1. The number of hydrogen-bond donors (Lipinski definition) is 1. The minimum atomic E-state index is -3.91. The van der Waals surface area contributed by atoms with Gasteiger partial charge < -0.3 is 23.9 Å². The molecule has 0 unspecified atom stereocenters. The molecule has 4 rings (SSSR count). The van der Waals surface area contributed by atoms with Crippen molar-refractivity contribution in [2.24, 2.45) is 0 Å². The zero-order valence-electron chi connectivity index (χ0n) is 22.0. The Hall–Kier alpha value is -3.57. The van der Waals surface area contributed by atoms with Gasteiger partial charge in [0.2, 0.25) is 0 Å². The van der Waals surface area contributed by atoms with Crippen molar-refractivity contribution in [1.82, 2.24) is 14.8 Å². The summed E-state index contributed by atoms with van der Waals surface area (Å²) in [6.45, 7) is 6.00. The Morgan fingerprint density at radius 2 is 1.89 bits per heavy atom. The molecule has 0 aliphatic carbocycles. The highest BCUT2D eigenvalue weighted by Crippen LogP contribution is 2.44. The fourth-order valence-electron chi connectivity index (χ4n) is 4.45. The van der Waals surface area contributed by atoms with E-state index in [4.69, 9.17) is 13.7 Å². The number of methoxy groups -OCH3 is 1. The Morgan fingerprint density at radius 3 is 2.49 bits per heavy atom.